The number of fused-ring (bicyclic) bond motifs is 1. The highest BCUT2D eigenvalue weighted by atomic mass is 16.5. The van der Waals surface area contributed by atoms with Crippen molar-refractivity contribution in [2.75, 3.05) is 26.8 Å². The zero-order valence-electron chi connectivity index (χ0n) is 13.5. The minimum absolute atomic E-state index is 0.215. The van der Waals surface area contributed by atoms with Crippen LogP contribution in [0.25, 0.3) is 0 Å². The minimum Gasteiger partial charge on any atom is -0.490 e. The summed E-state index contributed by atoms with van der Waals surface area (Å²) in [7, 11) is 2.16. The monoisotopic (exact) mass is 292 g/mol. The topological polar surface area (TPSA) is 47.7 Å². The second kappa shape index (κ2) is 7.66. The molecular weight excluding hydrogens is 264 g/mol. The third-order valence-electron chi connectivity index (χ3n) is 4.39. The molecule has 4 nitrogen and oxygen atoms in total. The zero-order valence-corrected chi connectivity index (χ0v) is 13.5. The second-order valence-corrected chi connectivity index (χ2v) is 5.64. The van der Waals surface area contributed by atoms with Crippen molar-refractivity contribution in [2.45, 2.75) is 45.2 Å². The predicted octanol–water partition coefficient (Wildman–Crippen LogP) is 2.97. The lowest BCUT2D eigenvalue weighted by Gasteiger charge is -2.34. The Morgan fingerprint density at radius 3 is 2.43 bits per heavy atom. The molecule has 1 unspecified atom stereocenters. The van der Waals surface area contributed by atoms with Gasteiger partial charge in [-0.05, 0) is 37.6 Å². The molecule has 1 aromatic carbocycles. The van der Waals surface area contributed by atoms with Gasteiger partial charge in [-0.2, -0.15) is 0 Å². The first-order valence-electron chi connectivity index (χ1n) is 8.02. The third kappa shape index (κ3) is 3.69. The molecule has 4 heteroatoms. The van der Waals surface area contributed by atoms with Crippen molar-refractivity contribution in [3.8, 4) is 11.5 Å². The number of rotatable bonds is 6. The van der Waals surface area contributed by atoms with Crippen LogP contribution in [-0.4, -0.2) is 37.7 Å². The van der Waals surface area contributed by atoms with Crippen molar-refractivity contribution in [3.63, 3.8) is 0 Å². The first kappa shape index (κ1) is 16.1. The van der Waals surface area contributed by atoms with E-state index in [-0.39, 0.29) is 6.04 Å². The summed E-state index contributed by atoms with van der Waals surface area (Å²) in [6.45, 7) is 6.50. The highest BCUT2D eigenvalue weighted by Gasteiger charge is 2.22. The van der Waals surface area contributed by atoms with Gasteiger partial charge in [-0.25, -0.2) is 0 Å². The van der Waals surface area contributed by atoms with E-state index in [0.717, 1.165) is 37.4 Å². The molecule has 0 aromatic heterocycles. The molecule has 1 heterocycles. The van der Waals surface area contributed by atoms with Crippen molar-refractivity contribution in [2.24, 2.45) is 5.73 Å². The molecule has 1 aliphatic rings. The molecular formula is C17H28N2O2. The normalized spacial score (nSPS) is 16.1. The van der Waals surface area contributed by atoms with E-state index in [1.54, 1.807) is 0 Å². The number of benzene rings is 1. The van der Waals surface area contributed by atoms with Crippen molar-refractivity contribution < 1.29 is 9.47 Å². The molecule has 0 saturated carbocycles. The standard InChI is InChI=1S/C17H28N2O2/c1-4-14(5-2)19(3)15(12-18)13-7-8-16-17(11-13)21-10-6-9-20-16/h7-8,11,14-15H,4-6,9-10,12,18H2,1-3H3. The summed E-state index contributed by atoms with van der Waals surface area (Å²) in [5.74, 6) is 1.69. The Labute approximate surface area is 128 Å². The molecule has 0 radical (unpaired) electrons. The Kier molecular flexibility index (Phi) is 5.88. The summed E-state index contributed by atoms with van der Waals surface area (Å²) < 4.78 is 11.5. The quantitative estimate of drug-likeness (QED) is 0.875. The maximum atomic E-state index is 6.05. The molecule has 0 spiro atoms. The van der Waals surface area contributed by atoms with Gasteiger partial charge in [0.1, 0.15) is 0 Å². The molecule has 0 amide bonds. The first-order chi connectivity index (χ1) is 10.2. The summed E-state index contributed by atoms with van der Waals surface area (Å²) in [5.41, 5.74) is 7.25. The average Bonchev–Trinajstić information content (AvgIpc) is 2.74. The fourth-order valence-electron chi connectivity index (χ4n) is 3.04. The number of nitrogens with zero attached hydrogens (tertiary/aromatic N) is 1. The summed E-state index contributed by atoms with van der Waals surface area (Å²) in [5, 5.41) is 0. The van der Waals surface area contributed by atoms with E-state index in [4.69, 9.17) is 15.2 Å². The first-order valence-corrected chi connectivity index (χ1v) is 8.02. The van der Waals surface area contributed by atoms with E-state index in [9.17, 15) is 0 Å². The minimum atomic E-state index is 0.215. The zero-order chi connectivity index (χ0) is 15.2. The number of likely N-dealkylation sites (N-methyl/N-ethyl adjacent to an activating group) is 1. The Balaban J connectivity index is 2.24. The highest BCUT2D eigenvalue weighted by molar-refractivity contribution is 5.44. The van der Waals surface area contributed by atoms with Crippen LogP contribution in [0.15, 0.2) is 18.2 Å². The van der Waals surface area contributed by atoms with Gasteiger partial charge in [0.05, 0.1) is 13.2 Å². The van der Waals surface area contributed by atoms with Gasteiger partial charge in [0, 0.05) is 25.0 Å². The summed E-state index contributed by atoms with van der Waals surface area (Å²) >= 11 is 0. The molecule has 2 rings (SSSR count). The highest BCUT2D eigenvalue weighted by Crippen LogP contribution is 2.34. The van der Waals surface area contributed by atoms with Gasteiger partial charge in [0.2, 0.25) is 0 Å². The maximum absolute atomic E-state index is 6.05. The lowest BCUT2D eigenvalue weighted by molar-refractivity contribution is 0.167. The average molecular weight is 292 g/mol. The summed E-state index contributed by atoms with van der Waals surface area (Å²) in [6, 6.07) is 6.99. The Hall–Kier alpha value is -1.26. The van der Waals surface area contributed by atoms with Crippen LogP contribution in [0.1, 0.15) is 44.7 Å². The molecule has 1 aromatic rings. The number of nitrogens with two attached hydrogens (primary N) is 1. The van der Waals surface area contributed by atoms with E-state index in [0.29, 0.717) is 19.2 Å². The SMILES string of the molecule is CCC(CC)N(C)C(CN)c1ccc2c(c1)OCCCO2. The van der Waals surface area contributed by atoms with Gasteiger partial charge in [-0.3, -0.25) is 4.90 Å². The van der Waals surface area contributed by atoms with Crippen LogP contribution in [0.3, 0.4) is 0 Å². The molecule has 21 heavy (non-hydrogen) atoms. The van der Waals surface area contributed by atoms with Gasteiger partial charge in [0.15, 0.2) is 11.5 Å². The van der Waals surface area contributed by atoms with Crippen LogP contribution in [0.2, 0.25) is 0 Å². The van der Waals surface area contributed by atoms with Crippen LogP contribution in [0, 0.1) is 0 Å². The van der Waals surface area contributed by atoms with E-state index >= 15 is 0 Å². The molecule has 1 atom stereocenters. The van der Waals surface area contributed by atoms with Gasteiger partial charge < -0.3 is 15.2 Å². The molecule has 118 valence electrons. The summed E-state index contributed by atoms with van der Waals surface area (Å²) in [4.78, 5) is 2.39. The number of hydrogen-bond acceptors (Lipinski definition) is 4. The number of hydrogen-bond donors (Lipinski definition) is 1. The van der Waals surface area contributed by atoms with E-state index in [1.165, 1.54) is 5.56 Å². The molecule has 1 aliphatic heterocycles. The van der Waals surface area contributed by atoms with Crippen LogP contribution >= 0.6 is 0 Å². The third-order valence-corrected chi connectivity index (χ3v) is 4.39. The van der Waals surface area contributed by atoms with Gasteiger partial charge >= 0.3 is 0 Å². The smallest absolute Gasteiger partial charge is 0.161 e. The van der Waals surface area contributed by atoms with E-state index < -0.39 is 0 Å². The van der Waals surface area contributed by atoms with Crippen LogP contribution in [0.5, 0.6) is 11.5 Å². The van der Waals surface area contributed by atoms with Crippen molar-refractivity contribution in [1.29, 1.82) is 0 Å². The van der Waals surface area contributed by atoms with Crippen molar-refractivity contribution >= 4 is 0 Å². The molecule has 0 fully saturated rings. The van der Waals surface area contributed by atoms with Gasteiger partial charge in [-0.1, -0.05) is 19.9 Å². The van der Waals surface area contributed by atoms with Gasteiger partial charge in [0.25, 0.3) is 0 Å². The Morgan fingerprint density at radius 1 is 1.14 bits per heavy atom. The van der Waals surface area contributed by atoms with Crippen molar-refractivity contribution in [3.05, 3.63) is 23.8 Å². The van der Waals surface area contributed by atoms with Gasteiger partial charge in [-0.15, -0.1) is 0 Å². The molecule has 0 saturated heterocycles. The molecule has 0 aliphatic carbocycles. The molecule has 2 N–H and O–H groups in total. The van der Waals surface area contributed by atoms with E-state index in [2.05, 4.69) is 37.9 Å². The largest absolute Gasteiger partial charge is 0.490 e. The fourth-order valence-corrected chi connectivity index (χ4v) is 3.04. The van der Waals surface area contributed by atoms with Crippen LogP contribution in [-0.2, 0) is 0 Å². The summed E-state index contributed by atoms with van der Waals surface area (Å²) in [6.07, 6.45) is 3.19. The van der Waals surface area contributed by atoms with Crippen LogP contribution < -0.4 is 15.2 Å². The van der Waals surface area contributed by atoms with Crippen molar-refractivity contribution in [1.82, 2.24) is 4.90 Å². The number of ether oxygens (including phenoxy) is 2. The Morgan fingerprint density at radius 2 is 1.81 bits per heavy atom. The maximum Gasteiger partial charge on any atom is 0.161 e. The lowest BCUT2D eigenvalue weighted by atomic mass is 10.0. The van der Waals surface area contributed by atoms with Crippen LogP contribution in [0.4, 0.5) is 0 Å². The Bertz CT molecular complexity index is 446. The predicted molar refractivity (Wildman–Crippen MR) is 86.0 cm³/mol. The van der Waals surface area contributed by atoms with E-state index in [1.807, 2.05) is 6.07 Å². The fraction of sp³-hybridized carbons (Fsp3) is 0.647. The molecule has 0 bridgehead atoms. The lowest BCUT2D eigenvalue weighted by Crippen LogP contribution is -2.38. The second-order valence-electron chi connectivity index (χ2n) is 5.64.